The maximum Gasteiger partial charge on any atom is 0.154 e. The average Bonchev–Trinajstić information content (AvgIpc) is 1.88. The lowest BCUT2D eigenvalue weighted by molar-refractivity contribution is 0.591. The molecule has 0 saturated carbocycles. The lowest BCUT2D eigenvalue weighted by Gasteiger charge is -2.16. The molecule has 0 saturated heterocycles. The zero-order valence-electron chi connectivity index (χ0n) is 6.75. The first-order valence-electron chi connectivity index (χ1n) is 3.79. The number of thioether (sulfide) groups is 1. The second-order valence-electron chi connectivity index (χ2n) is 2.55. The zero-order valence-corrected chi connectivity index (χ0v) is 9.28. The summed E-state index contributed by atoms with van der Waals surface area (Å²) in [5.74, 6) is 1.15. The van der Waals surface area contributed by atoms with E-state index in [9.17, 15) is 0 Å². The monoisotopic (exact) mass is 238 g/mol. The molecule has 2 nitrogen and oxygen atoms in total. The fraction of sp³-hybridized carbons (Fsp3) is 0.857. The van der Waals surface area contributed by atoms with Gasteiger partial charge >= 0.3 is 0 Å². The highest BCUT2D eigenvalue weighted by Crippen LogP contribution is 2.17. The van der Waals surface area contributed by atoms with Gasteiger partial charge < -0.3 is 5.73 Å². The molecule has 0 unspecified atom stereocenters. The topological polar surface area (TPSA) is 38.4 Å². The molecule has 0 aromatic heterocycles. The van der Waals surface area contributed by atoms with Gasteiger partial charge in [0.05, 0.1) is 6.04 Å². The van der Waals surface area contributed by atoms with E-state index in [1.165, 1.54) is 19.3 Å². The Morgan fingerprint density at radius 2 is 2.45 bits per heavy atom. The largest absolute Gasteiger partial charge is 0.379 e. The van der Waals surface area contributed by atoms with Crippen molar-refractivity contribution in [3.05, 3.63) is 0 Å². The highest BCUT2D eigenvalue weighted by molar-refractivity contribution is 8.93. The van der Waals surface area contributed by atoms with Gasteiger partial charge in [0, 0.05) is 5.75 Å². The van der Waals surface area contributed by atoms with E-state index in [2.05, 4.69) is 11.9 Å². The Kier molecular flexibility index (Phi) is 6.05. The Morgan fingerprint density at radius 3 is 3.00 bits per heavy atom. The first-order chi connectivity index (χ1) is 4.83. The van der Waals surface area contributed by atoms with Crippen LogP contribution in [0.4, 0.5) is 0 Å². The lowest BCUT2D eigenvalue weighted by Crippen LogP contribution is -2.19. The van der Waals surface area contributed by atoms with E-state index >= 15 is 0 Å². The van der Waals surface area contributed by atoms with Gasteiger partial charge in [0.1, 0.15) is 0 Å². The summed E-state index contributed by atoms with van der Waals surface area (Å²) >= 11 is 1.68. The quantitative estimate of drug-likeness (QED) is 0.802. The van der Waals surface area contributed by atoms with Crippen LogP contribution in [-0.4, -0.2) is 17.0 Å². The van der Waals surface area contributed by atoms with Crippen molar-refractivity contribution >= 4 is 33.9 Å². The van der Waals surface area contributed by atoms with Gasteiger partial charge in [-0.1, -0.05) is 25.1 Å². The molecule has 0 aliphatic carbocycles. The van der Waals surface area contributed by atoms with Gasteiger partial charge in [-0.25, -0.2) is 0 Å². The molecular weight excluding hydrogens is 224 g/mol. The summed E-state index contributed by atoms with van der Waals surface area (Å²) in [5, 5.41) is 0.782. The van der Waals surface area contributed by atoms with Gasteiger partial charge in [-0.3, -0.25) is 4.99 Å². The Hall–Kier alpha value is 0.300. The summed E-state index contributed by atoms with van der Waals surface area (Å²) in [6.07, 6.45) is 3.62. The van der Waals surface area contributed by atoms with Crippen LogP contribution in [0.15, 0.2) is 4.99 Å². The fourth-order valence-electron chi connectivity index (χ4n) is 1.12. The molecule has 0 spiro atoms. The number of halogens is 1. The second-order valence-corrected chi connectivity index (χ2v) is 3.66. The van der Waals surface area contributed by atoms with Crippen LogP contribution in [0.2, 0.25) is 0 Å². The highest BCUT2D eigenvalue weighted by Gasteiger charge is 2.11. The first kappa shape index (κ1) is 11.3. The molecule has 1 atom stereocenters. The molecule has 1 rings (SSSR count). The SMILES string of the molecule is Br.CCC[C@@H]1CCSC(N)=N1. The molecule has 1 heterocycles. The normalized spacial score (nSPS) is 23.7. The number of hydrogen-bond donors (Lipinski definition) is 1. The van der Waals surface area contributed by atoms with Crippen molar-refractivity contribution in [2.45, 2.75) is 32.2 Å². The van der Waals surface area contributed by atoms with Crippen molar-refractivity contribution in [2.24, 2.45) is 10.7 Å². The predicted octanol–water partition coefficient (Wildman–Crippen LogP) is 2.18. The Bertz CT molecular complexity index is 138. The van der Waals surface area contributed by atoms with Crippen LogP contribution in [0.3, 0.4) is 0 Å². The van der Waals surface area contributed by atoms with Crippen LogP contribution in [0, 0.1) is 0 Å². The molecule has 11 heavy (non-hydrogen) atoms. The van der Waals surface area contributed by atoms with Crippen LogP contribution in [0.5, 0.6) is 0 Å². The summed E-state index contributed by atoms with van der Waals surface area (Å²) < 4.78 is 0. The molecule has 4 heteroatoms. The number of hydrogen-bond acceptors (Lipinski definition) is 3. The van der Waals surface area contributed by atoms with Crippen molar-refractivity contribution in [1.29, 1.82) is 0 Å². The van der Waals surface area contributed by atoms with Crippen LogP contribution in [0.25, 0.3) is 0 Å². The molecule has 1 aliphatic heterocycles. The highest BCUT2D eigenvalue weighted by atomic mass is 79.9. The molecule has 0 bridgehead atoms. The molecular formula is C7H15BrN2S. The Morgan fingerprint density at radius 1 is 1.73 bits per heavy atom. The Labute approximate surface area is 82.8 Å². The van der Waals surface area contributed by atoms with Crippen LogP contribution in [-0.2, 0) is 0 Å². The van der Waals surface area contributed by atoms with E-state index in [0.29, 0.717) is 6.04 Å². The zero-order chi connectivity index (χ0) is 7.40. The molecule has 0 aromatic carbocycles. The van der Waals surface area contributed by atoms with Gasteiger partial charge in [-0.2, -0.15) is 0 Å². The number of amidine groups is 1. The number of nitrogens with zero attached hydrogens (tertiary/aromatic N) is 1. The van der Waals surface area contributed by atoms with Gasteiger partial charge in [0.2, 0.25) is 0 Å². The first-order valence-corrected chi connectivity index (χ1v) is 4.77. The summed E-state index contributed by atoms with van der Waals surface area (Å²) in [6, 6.07) is 0.520. The summed E-state index contributed by atoms with van der Waals surface area (Å²) in [5.41, 5.74) is 5.57. The van der Waals surface area contributed by atoms with Crippen molar-refractivity contribution < 1.29 is 0 Å². The standard InChI is InChI=1S/C7H14N2S.BrH/c1-2-3-6-4-5-10-7(8)9-6;/h6H,2-5H2,1H3,(H2,8,9);1H/t6-;/m1./s1. The molecule has 66 valence electrons. The van der Waals surface area contributed by atoms with Crippen molar-refractivity contribution in [3.63, 3.8) is 0 Å². The molecule has 1 aliphatic rings. The van der Waals surface area contributed by atoms with E-state index in [1.807, 2.05) is 0 Å². The van der Waals surface area contributed by atoms with E-state index in [0.717, 1.165) is 10.9 Å². The summed E-state index contributed by atoms with van der Waals surface area (Å²) in [4.78, 5) is 4.33. The minimum atomic E-state index is 0. The summed E-state index contributed by atoms with van der Waals surface area (Å²) in [7, 11) is 0. The third kappa shape index (κ3) is 4.01. The van der Waals surface area contributed by atoms with Crippen molar-refractivity contribution in [2.75, 3.05) is 5.75 Å². The molecule has 0 fully saturated rings. The van der Waals surface area contributed by atoms with Crippen LogP contribution < -0.4 is 5.73 Å². The molecule has 0 aromatic rings. The smallest absolute Gasteiger partial charge is 0.154 e. The van der Waals surface area contributed by atoms with Crippen molar-refractivity contribution in [3.8, 4) is 0 Å². The maximum atomic E-state index is 5.57. The van der Waals surface area contributed by atoms with Gasteiger partial charge in [0.15, 0.2) is 5.17 Å². The van der Waals surface area contributed by atoms with E-state index in [4.69, 9.17) is 5.73 Å². The van der Waals surface area contributed by atoms with E-state index in [-0.39, 0.29) is 17.0 Å². The molecule has 0 radical (unpaired) electrons. The predicted molar refractivity (Wildman–Crippen MR) is 57.7 cm³/mol. The van der Waals surface area contributed by atoms with Crippen molar-refractivity contribution in [1.82, 2.24) is 0 Å². The summed E-state index contributed by atoms with van der Waals surface area (Å²) in [6.45, 7) is 2.19. The molecule has 2 N–H and O–H groups in total. The fourth-order valence-corrected chi connectivity index (χ4v) is 1.95. The van der Waals surface area contributed by atoms with E-state index in [1.54, 1.807) is 11.8 Å². The minimum absolute atomic E-state index is 0. The Balaban J connectivity index is 0.000001000. The van der Waals surface area contributed by atoms with Gasteiger partial charge in [0.25, 0.3) is 0 Å². The average molecular weight is 239 g/mol. The van der Waals surface area contributed by atoms with Gasteiger partial charge in [-0.05, 0) is 12.8 Å². The van der Waals surface area contributed by atoms with E-state index < -0.39 is 0 Å². The number of rotatable bonds is 2. The third-order valence-corrected chi connectivity index (χ3v) is 2.47. The third-order valence-electron chi connectivity index (χ3n) is 1.63. The molecule has 0 amide bonds. The second kappa shape index (κ2) is 5.89. The number of aliphatic imine (C=N–C) groups is 1. The number of nitrogens with two attached hydrogens (primary N) is 1. The lowest BCUT2D eigenvalue weighted by atomic mass is 10.1. The van der Waals surface area contributed by atoms with Crippen LogP contribution >= 0.6 is 28.7 Å². The van der Waals surface area contributed by atoms with Crippen LogP contribution in [0.1, 0.15) is 26.2 Å². The maximum absolute atomic E-state index is 5.57. The van der Waals surface area contributed by atoms with Gasteiger partial charge in [-0.15, -0.1) is 17.0 Å². The minimum Gasteiger partial charge on any atom is -0.379 e.